The van der Waals surface area contributed by atoms with E-state index in [2.05, 4.69) is 10.5 Å². The molecule has 2 aromatic carbocycles. The number of hydrogen-bond donors (Lipinski definition) is 1. The fourth-order valence-corrected chi connectivity index (χ4v) is 3.07. The second-order valence-corrected chi connectivity index (χ2v) is 6.51. The fraction of sp³-hybridized carbons (Fsp3) is 0.263. The minimum absolute atomic E-state index is 0.00768. The zero-order valence-electron chi connectivity index (χ0n) is 14.2. The molecule has 0 spiro atoms. The van der Waals surface area contributed by atoms with Crippen LogP contribution in [0.4, 0.5) is 0 Å². The molecule has 1 heterocycles. The number of aromatic nitrogens is 1. The Hall–Kier alpha value is -2.37. The van der Waals surface area contributed by atoms with Crippen LogP contribution in [0.5, 0.6) is 0 Å². The summed E-state index contributed by atoms with van der Waals surface area (Å²) in [6.07, 6.45) is 0.180. The van der Waals surface area contributed by atoms with E-state index in [1.165, 1.54) is 0 Å². The molecule has 0 aliphatic heterocycles. The molecule has 0 fully saturated rings. The molecular formula is C19H20ClN3O2. The van der Waals surface area contributed by atoms with E-state index in [9.17, 15) is 4.79 Å². The minimum Gasteiger partial charge on any atom is -0.356 e. The SMILES string of the molecule is CN(C)C(CNC(=O)Cc1noc2ccccc12)c1ccccc1Cl. The third-order valence-electron chi connectivity index (χ3n) is 4.16. The molecule has 0 aliphatic rings. The number of rotatable bonds is 6. The quantitative estimate of drug-likeness (QED) is 0.734. The van der Waals surface area contributed by atoms with Crippen LogP contribution in [0.25, 0.3) is 11.0 Å². The van der Waals surface area contributed by atoms with Gasteiger partial charge in [-0.25, -0.2) is 0 Å². The highest BCUT2D eigenvalue weighted by Crippen LogP contribution is 2.25. The van der Waals surface area contributed by atoms with Gasteiger partial charge in [-0.1, -0.05) is 47.1 Å². The number of amides is 1. The van der Waals surface area contributed by atoms with Crippen molar-refractivity contribution >= 4 is 28.5 Å². The van der Waals surface area contributed by atoms with Gasteiger partial charge in [-0.15, -0.1) is 0 Å². The standard InChI is InChI=1S/C19H20ClN3O2/c1-23(2)17(13-7-3-5-9-15(13)20)12-21-19(24)11-16-14-8-4-6-10-18(14)25-22-16/h3-10,17H,11-12H2,1-2H3,(H,21,24). The topological polar surface area (TPSA) is 58.4 Å². The maximum absolute atomic E-state index is 12.4. The molecule has 1 amide bonds. The predicted molar refractivity (Wildman–Crippen MR) is 98.6 cm³/mol. The van der Waals surface area contributed by atoms with Crippen LogP contribution in [0.1, 0.15) is 17.3 Å². The van der Waals surface area contributed by atoms with E-state index in [4.69, 9.17) is 16.1 Å². The van der Waals surface area contributed by atoms with Gasteiger partial charge in [0.1, 0.15) is 5.69 Å². The molecule has 0 aliphatic carbocycles. The van der Waals surface area contributed by atoms with Crippen LogP contribution in [0.2, 0.25) is 5.02 Å². The number of carbonyl (C=O) groups excluding carboxylic acids is 1. The molecule has 1 aromatic heterocycles. The summed E-state index contributed by atoms with van der Waals surface area (Å²) in [6, 6.07) is 15.2. The summed E-state index contributed by atoms with van der Waals surface area (Å²) in [4.78, 5) is 14.4. The van der Waals surface area contributed by atoms with Crippen molar-refractivity contribution < 1.29 is 9.32 Å². The van der Waals surface area contributed by atoms with Gasteiger partial charge in [-0.05, 0) is 37.9 Å². The number of nitrogens with zero attached hydrogens (tertiary/aromatic N) is 2. The van der Waals surface area contributed by atoms with Crippen molar-refractivity contribution in [1.29, 1.82) is 0 Å². The lowest BCUT2D eigenvalue weighted by Crippen LogP contribution is -2.35. The summed E-state index contributed by atoms with van der Waals surface area (Å²) in [6.45, 7) is 0.464. The first-order valence-corrected chi connectivity index (χ1v) is 8.45. The lowest BCUT2D eigenvalue weighted by atomic mass is 10.1. The Bertz CT molecular complexity index is 876. The van der Waals surface area contributed by atoms with E-state index in [-0.39, 0.29) is 18.4 Å². The predicted octanol–water partition coefficient (Wildman–Crippen LogP) is 3.44. The van der Waals surface area contributed by atoms with Gasteiger partial charge < -0.3 is 14.7 Å². The number of benzene rings is 2. The van der Waals surface area contributed by atoms with Crippen molar-refractivity contribution in [3.05, 3.63) is 64.8 Å². The monoisotopic (exact) mass is 357 g/mol. The van der Waals surface area contributed by atoms with E-state index in [0.717, 1.165) is 10.9 Å². The van der Waals surface area contributed by atoms with Crippen molar-refractivity contribution in [2.75, 3.05) is 20.6 Å². The van der Waals surface area contributed by atoms with Gasteiger partial charge >= 0.3 is 0 Å². The Balaban J connectivity index is 1.67. The van der Waals surface area contributed by atoms with E-state index < -0.39 is 0 Å². The van der Waals surface area contributed by atoms with E-state index >= 15 is 0 Å². The molecule has 3 rings (SSSR count). The number of para-hydroxylation sites is 1. The van der Waals surface area contributed by atoms with Crippen LogP contribution >= 0.6 is 11.6 Å². The van der Waals surface area contributed by atoms with Gasteiger partial charge in [0, 0.05) is 17.0 Å². The highest BCUT2D eigenvalue weighted by Gasteiger charge is 2.19. The number of halogens is 1. The average Bonchev–Trinajstić information content (AvgIpc) is 2.99. The molecule has 5 nitrogen and oxygen atoms in total. The van der Waals surface area contributed by atoms with Crippen molar-refractivity contribution in [2.45, 2.75) is 12.5 Å². The molecular weight excluding hydrogens is 338 g/mol. The molecule has 0 bridgehead atoms. The lowest BCUT2D eigenvalue weighted by molar-refractivity contribution is -0.120. The number of fused-ring (bicyclic) bond motifs is 1. The second kappa shape index (κ2) is 7.68. The summed E-state index contributed by atoms with van der Waals surface area (Å²) in [5, 5.41) is 8.54. The molecule has 6 heteroatoms. The van der Waals surface area contributed by atoms with Crippen LogP contribution in [0.3, 0.4) is 0 Å². The number of hydrogen-bond acceptors (Lipinski definition) is 4. The Morgan fingerprint density at radius 3 is 2.68 bits per heavy atom. The molecule has 0 saturated carbocycles. The van der Waals surface area contributed by atoms with E-state index in [0.29, 0.717) is 22.8 Å². The molecule has 1 N–H and O–H groups in total. The van der Waals surface area contributed by atoms with Gasteiger partial charge in [0.05, 0.1) is 12.5 Å². The van der Waals surface area contributed by atoms with Crippen LogP contribution in [0.15, 0.2) is 53.1 Å². The van der Waals surface area contributed by atoms with Gasteiger partial charge in [0.25, 0.3) is 0 Å². The van der Waals surface area contributed by atoms with Gasteiger partial charge in [0.15, 0.2) is 5.58 Å². The Morgan fingerprint density at radius 1 is 1.20 bits per heavy atom. The first kappa shape index (κ1) is 17.5. The zero-order valence-corrected chi connectivity index (χ0v) is 15.0. The fourth-order valence-electron chi connectivity index (χ4n) is 2.81. The Labute approximate surface area is 151 Å². The third kappa shape index (κ3) is 4.00. The molecule has 1 unspecified atom stereocenters. The van der Waals surface area contributed by atoms with Gasteiger partial charge in [-0.2, -0.15) is 0 Å². The first-order valence-electron chi connectivity index (χ1n) is 8.07. The molecule has 130 valence electrons. The van der Waals surface area contributed by atoms with Gasteiger partial charge in [-0.3, -0.25) is 4.79 Å². The summed E-state index contributed by atoms with van der Waals surface area (Å²) in [5.74, 6) is -0.0991. The van der Waals surface area contributed by atoms with Crippen LogP contribution < -0.4 is 5.32 Å². The smallest absolute Gasteiger partial charge is 0.226 e. The highest BCUT2D eigenvalue weighted by atomic mass is 35.5. The minimum atomic E-state index is -0.0991. The van der Waals surface area contributed by atoms with E-state index in [1.807, 2.05) is 67.5 Å². The Morgan fingerprint density at radius 2 is 1.92 bits per heavy atom. The van der Waals surface area contributed by atoms with Crippen LogP contribution in [-0.4, -0.2) is 36.6 Å². The Kier molecular flexibility index (Phi) is 5.36. The largest absolute Gasteiger partial charge is 0.356 e. The molecule has 0 radical (unpaired) electrons. The third-order valence-corrected chi connectivity index (χ3v) is 4.50. The maximum Gasteiger partial charge on any atom is 0.226 e. The number of carbonyl (C=O) groups is 1. The summed E-state index contributed by atoms with van der Waals surface area (Å²) >= 11 is 6.30. The number of nitrogens with one attached hydrogen (secondary N) is 1. The molecule has 25 heavy (non-hydrogen) atoms. The van der Waals surface area contributed by atoms with Crippen molar-refractivity contribution in [2.24, 2.45) is 0 Å². The summed E-state index contributed by atoms with van der Waals surface area (Å²) in [7, 11) is 3.93. The van der Waals surface area contributed by atoms with Crippen molar-refractivity contribution in [3.8, 4) is 0 Å². The second-order valence-electron chi connectivity index (χ2n) is 6.11. The molecule has 1 atom stereocenters. The lowest BCUT2D eigenvalue weighted by Gasteiger charge is -2.25. The highest BCUT2D eigenvalue weighted by molar-refractivity contribution is 6.31. The van der Waals surface area contributed by atoms with Crippen LogP contribution in [-0.2, 0) is 11.2 Å². The first-order chi connectivity index (χ1) is 12.1. The van der Waals surface area contributed by atoms with Crippen LogP contribution in [0, 0.1) is 0 Å². The molecule has 0 saturated heterocycles. The normalized spacial score (nSPS) is 12.5. The van der Waals surface area contributed by atoms with Gasteiger partial charge in [0.2, 0.25) is 5.91 Å². The van der Waals surface area contributed by atoms with Crippen molar-refractivity contribution in [1.82, 2.24) is 15.4 Å². The zero-order chi connectivity index (χ0) is 17.8. The van der Waals surface area contributed by atoms with E-state index in [1.54, 1.807) is 0 Å². The maximum atomic E-state index is 12.4. The van der Waals surface area contributed by atoms with Crippen molar-refractivity contribution in [3.63, 3.8) is 0 Å². The number of likely N-dealkylation sites (N-methyl/N-ethyl adjacent to an activating group) is 1. The molecule has 3 aromatic rings. The average molecular weight is 358 g/mol. The summed E-state index contributed by atoms with van der Waals surface area (Å²) in [5.41, 5.74) is 2.32. The summed E-state index contributed by atoms with van der Waals surface area (Å²) < 4.78 is 5.24.